The highest BCUT2D eigenvalue weighted by atomic mass is 35.5. The fourth-order valence-corrected chi connectivity index (χ4v) is 9.09. The van der Waals surface area contributed by atoms with Gasteiger partial charge >= 0.3 is 11.9 Å². The molecular weight excluding hydrogens is 448 g/mol. The first-order valence-electron chi connectivity index (χ1n) is 12.1. The van der Waals surface area contributed by atoms with E-state index >= 15 is 0 Å². The lowest BCUT2D eigenvalue weighted by molar-refractivity contribution is -0.247. The fraction of sp³-hybridized carbons (Fsp3) is 0.800. The van der Waals surface area contributed by atoms with E-state index in [1.165, 1.54) is 6.92 Å². The highest BCUT2D eigenvalue weighted by molar-refractivity contribution is 6.21. The fourth-order valence-electron chi connectivity index (χ4n) is 8.60. The zero-order valence-electron chi connectivity index (χ0n) is 19.2. The minimum absolute atomic E-state index is 0.0383. The molecule has 9 atom stereocenters. The van der Waals surface area contributed by atoms with Crippen LogP contribution in [0.25, 0.3) is 0 Å². The number of ether oxygens (including phenoxy) is 2. The van der Waals surface area contributed by atoms with Crippen LogP contribution >= 0.6 is 11.6 Å². The molecule has 2 N–H and O–H groups in total. The summed E-state index contributed by atoms with van der Waals surface area (Å²) in [5.74, 6) is -1.15. The van der Waals surface area contributed by atoms with Crippen molar-refractivity contribution in [2.24, 2.45) is 28.6 Å². The number of aliphatic hydroxyl groups is 2. The van der Waals surface area contributed by atoms with E-state index in [4.69, 9.17) is 21.1 Å². The van der Waals surface area contributed by atoms with Crippen LogP contribution in [0.5, 0.6) is 0 Å². The van der Waals surface area contributed by atoms with Gasteiger partial charge in [0.2, 0.25) is 0 Å². The lowest BCUT2D eigenvalue weighted by atomic mass is 9.41. The number of halogens is 1. The average molecular weight is 481 g/mol. The quantitative estimate of drug-likeness (QED) is 0.363. The molecule has 0 radical (unpaired) electrons. The number of cyclic esters (lactones) is 1. The maximum Gasteiger partial charge on any atom is 0.331 e. The Balaban J connectivity index is 1.50. The van der Waals surface area contributed by atoms with Crippen LogP contribution in [0.3, 0.4) is 0 Å². The molecule has 0 amide bonds. The molecule has 4 aliphatic carbocycles. The molecule has 4 saturated carbocycles. The van der Waals surface area contributed by atoms with E-state index in [2.05, 4.69) is 6.92 Å². The van der Waals surface area contributed by atoms with Crippen molar-refractivity contribution in [2.75, 3.05) is 6.61 Å². The highest BCUT2D eigenvalue weighted by Gasteiger charge is 2.73. The number of alkyl halides is 1. The molecular formula is C25H33ClO7. The highest BCUT2D eigenvalue weighted by Crippen LogP contribution is 2.70. The van der Waals surface area contributed by atoms with E-state index in [9.17, 15) is 24.6 Å². The van der Waals surface area contributed by atoms with Crippen LogP contribution in [0, 0.1) is 28.6 Å². The lowest BCUT2D eigenvalue weighted by Gasteiger charge is -2.66. The van der Waals surface area contributed by atoms with Crippen molar-refractivity contribution in [3.63, 3.8) is 0 Å². The van der Waals surface area contributed by atoms with Gasteiger partial charge in [0.1, 0.15) is 19.0 Å². The third kappa shape index (κ3) is 2.97. The Morgan fingerprint density at radius 3 is 2.58 bits per heavy atom. The minimum atomic E-state index is -1.49. The van der Waals surface area contributed by atoms with E-state index in [0.717, 1.165) is 18.3 Å². The molecule has 0 aromatic rings. The van der Waals surface area contributed by atoms with Crippen molar-refractivity contribution in [2.45, 2.75) is 87.9 Å². The minimum Gasteiger partial charge on any atom is -0.462 e. The predicted molar refractivity (Wildman–Crippen MR) is 118 cm³/mol. The van der Waals surface area contributed by atoms with E-state index in [0.29, 0.717) is 38.5 Å². The summed E-state index contributed by atoms with van der Waals surface area (Å²) in [7, 11) is 0. The molecule has 0 unspecified atom stereocenters. The first-order valence-corrected chi connectivity index (χ1v) is 12.5. The van der Waals surface area contributed by atoms with E-state index in [-0.39, 0.29) is 36.8 Å². The lowest BCUT2D eigenvalue weighted by Crippen LogP contribution is -2.72. The van der Waals surface area contributed by atoms with E-state index in [1.54, 1.807) is 6.08 Å². The van der Waals surface area contributed by atoms with Crippen LogP contribution in [0.15, 0.2) is 11.6 Å². The largest absolute Gasteiger partial charge is 0.462 e. The molecule has 7 nitrogen and oxygen atoms in total. The monoisotopic (exact) mass is 480 g/mol. The van der Waals surface area contributed by atoms with Crippen molar-refractivity contribution in [3.05, 3.63) is 11.6 Å². The normalized spacial score (nSPS) is 51.0. The zero-order chi connectivity index (χ0) is 23.8. The summed E-state index contributed by atoms with van der Waals surface area (Å²) in [6, 6.07) is 0. The molecule has 4 fully saturated rings. The SMILES string of the molecule is CC(=O)O[C@H]1CC[C@]2(C=O)[C@H]3CC[C@]4(C)[C@@H](C5=CC(=O)OC5)CC[C@]4(O)[C@@H]3C[C@@H](Cl)[C@@]2(O)C1. The molecule has 0 aromatic carbocycles. The van der Waals surface area contributed by atoms with Gasteiger partial charge in [-0.2, -0.15) is 0 Å². The van der Waals surface area contributed by atoms with Gasteiger partial charge in [-0.25, -0.2) is 4.79 Å². The topological polar surface area (TPSA) is 110 Å². The number of carbonyl (C=O) groups excluding carboxylic acids is 3. The maximum atomic E-state index is 12.8. The Morgan fingerprint density at radius 1 is 1.18 bits per heavy atom. The van der Waals surface area contributed by atoms with Crippen LogP contribution < -0.4 is 0 Å². The smallest absolute Gasteiger partial charge is 0.331 e. The second-order valence-corrected chi connectivity index (χ2v) is 11.8. The Labute approximate surface area is 198 Å². The van der Waals surface area contributed by atoms with Gasteiger partial charge in [-0.15, -0.1) is 11.6 Å². The Kier molecular flexibility index (Phi) is 5.32. The molecule has 5 rings (SSSR count). The molecule has 0 bridgehead atoms. The number of rotatable bonds is 3. The number of hydrogen-bond donors (Lipinski definition) is 2. The molecule has 33 heavy (non-hydrogen) atoms. The first-order chi connectivity index (χ1) is 15.5. The first kappa shape index (κ1) is 23.3. The number of carbonyl (C=O) groups is 3. The molecule has 0 saturated heterocycles. The third-order valence-electron chi connectivity index (χ3n) is 10.2. The van der Waals surface area contributed by atoms with Crippen LogP contribution in [0.1, 0.15) is 65.2 Å². The summed E-state index contributed by atoms with van der Waals surface area (Å²) in [4.78, 5) is 36.0. The molecule has 0 spiro atoms. The Hall–Kier alpha value is -1.44. The van der Waals surface area contributed by atoms with Gasteiger partial charge < -0.3 is 24.5 Å². The Morgan fingerprint density at radius 2 is 1.94 bits per heavy atom. The predicted octanol–water partition coefficient (Wildman–Crippen LogP) is 2.69. The number of hydrogen-bond acceptors (Lipinski definition) is 7. The summed E-state index contributed by atoms with van der Waals surface area (Å²) >= 11 is 6.87. The van der Waals surface area contributed by atoms with E-state index in [1.807, 2.05) is 0 Å². The van der Waals surface area contributed by atoms with Gasteiger partial charge in [0.05, 0.1) is 22.0 Å². The molecule has 5 aliphatic rings. The van der Waals surface area contributed by atoms with Crippen LogP contribution in [0.4, 0.5) is 0 Å². The number of esters is 2. The van der Waals surface area contributed by atoms with Crippen LogP contribution in [-0.2, 0) is 23.9 Å². The Bertz CT molecular complexity index is 918. The van der Waals surface area contributed by atoms with Gasteiger partial charge in [0.15, 0.2) is 0 Å². The van der Waals surface area contributed by atoms with Gasteiger partial charge in [-0.1, -0.05) is 6.92 Å². The molecule has 8 heteroatoms. The van der Waals surface area contributed by atoms with Gasteiger partial charge in [-0.3, -0.25) is 4.79 Å². The zero-order valence-corrected chi connectivity index (χ0v) is 20.0. The molecule has 182 valence electrons. The number of aldehydes is 1. The second-order valence-electron chi connectivity index (χ2n) is 11.3. The standard InChI is InChI=1S/C25H33ClO7/c1-14(28)33-16-3-7-23(13-27)18-4-6-22(2)17(15-9-21(29)32-12-15)5-8-24(22,30)19(18)10-20(26)25(23,31)11-16/h9,13,16-20,30-31H,3-8,10-12H2,1-2H3/t16-,17+,18-,19+,20+,22+,23-,24-,25-/m0/s1. The van der Waals surface area contributed by atoms with Crippen molar-refractivity contribution in [3.8, 4) is 0 Å². The van der Waals surface area contributed by atoms with Crippen molar-refractivity contribution in [1.29, 1.82) is 0 Å². The summed E-state index contributed by atoms with van der Waals surface area (Å²) in [5.41, 5.74) is -3.14. The van der Waals surface area contributed by atoms with Crippen molar-refractivity contribution >= 4 is 29.8 Å². The van der Waals surface area contributed by atoms with Gasteiger partial charge in [-0.05, 0) is 68.3 Å². The second kappa shape index (κ2) is 7.53. The van der Waals surface area contributed by atoms with E-state index < -0.39 is 39.5 Å². The maximum absolute atomic E-state index is 12.8. The van der Waals surface area contributed by atoms with Gasteiger partial charge in [0, 0.05) is 24.8 Å². The average Bonchev–Trinajstić information content (AvgIpc) is 3.29. The molecule has 1 aliphatic heterocycles. The third-order valence-corrected chi connectivity index (χ3v) is 10.7. The summed E-state index contributed by atoms with van der Waals surface area (Å²) < 4.78 is 10.6. The number of fused-ring (bicyclic) bond motifs is 5. The summed E-state index contributed by atoms with van der Waals surface area (Å²) in [5, 5.41) is 23.4. The van der Waals surface area contributed by atoms with Crippen LogP contribution in [-0.4, -0.2) is 57.7 Å². The summed E-state index contributed by atoms with van der Waals surface area (Å²) in [6.45, 7) is 3.71. The van der Waals surface area contributed by atoms with Crippen molar-refractivity contribution in [1.82, 2.24) is 0 Å². The van der Waals surface area contributed by atoms with Gasteiger partial charge in [0.25, 0.3) is 0 Å². The van der Waals surface area contributed by atoms with Crippen LogP contribution in [0.2, 0.25) is 0 Å². The molecule has 1 heterocycles. The molecule has 0 aromatic heterocycles. The van der Waals surface area contributed by atoms with Crippen molar-refractivity contribution < 1.29 is 34.1 Å². The summed E-state index contributed by atoms with van der Waals surface area (Å²) in [6.07, 6.45) is 6.04.